The van der Waals surface area contributed by atoms with Gasteiger partial charge >= 0.3 is 0 Å². The predicted molar refractivity (Wildman–Crippen MR) is 77.2 cm³/mol. The predicted octanol–water partition coefficient (Wildman–Crippen LogP) is 2.51. The van der Waals surface area contributed by atoms with Crippen LogP contribution in [0.4, 0.5) is 0 Å². The highest BCUT2D eigenvalue weighted by atomic mass is 32.1. The van der Waals surface area contributed by atoms with Gasteiger partial charge in [-0.15, -0.1) is 0 Å². The Labute approximate surface area is 114 Å². The Kier molecular flexibility index (Phi) is 5.63. The molecule has 0 radical (unpaired) electrons. The van der Waals surface area contributed by atoms with Crippen LogP contribution in [0.5, 0.6) is 0 Å². The zero-order chi connectivity index (χ0) is 12.8. The van der Waals surface area contributed by atoms with Crippen LogP contribution in [-0.4, -0.2) is 43.8 Å². The van der Waals surface area contributed by atoms with E-state index in [4.69, 9.17) is 4.74 Å². The molecule has 18 heavy (non-hydrogen) atoms. The second kappa shape index (κ2) is 7.24. The van der Waals surface area contributed by atoms with Crippen molar-refractivity contribution in [3.8, 4) is 0 Å². The number of morpholine rings is 1. The lowest BCUT2D eigenvalue weighted by atomic mass is 10.0. The van der Waals surface area contributed by atoms with Crippen molar-refractivity contribution in [1.29, 1.82) is 0 Å². The van der Waals surface area contributed by atoms with Crippen LogP contribution in [0, 0.1) is 0 Å². The Bertz CT molecular complexity index is 329. The molecule has 0 amide bonds. The van der Waals surface area contributed by atoms with Gasteiger partial charge in [0, 0.05) is 13.1 Å². The van der Waals surface area contributed by atoms with E-state index in [0.717, 1.165) is 39.2 Å². The van der Waals surface area contributed by atoms with Gasteiger partial charge in [-0.2, -0.15) is 11.3 Å². The van der Waals surface area contributed by atoms with Crippen LogP contribution >= 0.6 is 11.3 Å². The van der Waals surface area contributed by atoms with Gasteiger partial charge in [-0.25, -0.2) is 0 Å². The van der Waals surface area contributed by atoms with E-state index in [1.165, 1.54) is 5.56 Å². The Morgan fingerprint density at radius 1 is 1.56 bits per heavy atom. The molecule has 1 aromatic heterocycles. The fourth-order valence-corrected chi connectivity index (χ4v) is 3.13. The van der Waals surface area contributed by atoms with Crippen molar-refractivity contribution in [2.45, 2.75) is 32.4 Å². The number of likely N-dealkylation sites (N-methyl/N-ethyl adjacent to an activating group) is 1. The number of thiophene rings is 1. The molecule has 1 aromatic rings. The van der Waals surface area contributed by atoms with E-state index in [1.807, 2.05) is 0 Å². The average molecular weight is 268 g/mol. The highest BCUT2D eigenvalue weighted by Crippen LogP contribution is 2.24. The number of hydrogen-bond acceptors (Lipinski definition) is 4. The van der Waals surface area contributed by atoms with Crippen molar-refractivity contribution in [1.82, 2.24) is 10.2 Å². The fourth-order valence-electron chi connectivity index (χ4n) is 2.44. The van der Waals surface area contributed by atoms with Crippen LogP contribution in [0.2, 0.25) is 0 Å². The van der Waals surface area contributed by atoms with Crippen LogP contribution in [0.15, 0.2) is 16.8 Å². The molecule has 102 valence electrons. The first kappa shape index (κ1) is 14.0. The standard InChI is InChI=1S/C14H24N2OS/c1-3-6-15-14(12-5-9-18-11-12)13-10-16(4-2)7-8-17-13/h5,9,11,13-15H,3-4,6-8,10H2,1-2H3. The quantitative estimate of drug-likeness (QED) is 0.858. The lowest BCUT2D eigenvalue weighted by molar-refractivity contribution is -0.0455. The number of rotatable bonds is 6. The van der Waals surface area contributed by atoms with Gasteiger partial charge in [-0.1, -0.05) is 13.8 Å². The molecule has 0 aromatic carbocycles. The summed E-state index contributed by atoms with van der Waals surface area (Å²) in [4.78, 5) is 2.47. The van der Waals surface area contributed by atoms with Gasteiger partial charge in [-0.3, -0.25) is 4.90 Å². The molecule has 0 saturated carbocycles. The lowest BCUT2D eigenvalue weighted by Crippen LogP contribution is -2.48. The van der Waals surface area contributed by atoms with Gasteiger partial charge in [0.25, 0.3) is 0 Å². The van der Waals surface area contributed by atoms with E-state index < -0.39 is 0 Å². The molecule has 4 heteroatoms. The van der Waals surface area contributed by atoms with Gasteiger partial charge in [-0.05, 0) is 41.9 Å². The smallest absolute Gasteiger partial charge is 0.0897 e. The van der Waals surface area contributed by atoms with Crippen molar-refractivity contribution < 1.29 is 4.74 Å². The average Bonchev–Trinajstić information content (AvgIpc) is 2.93. The summed E-state index contributed by atoms with van der Waals surface area (Å²) < 4.78 is 5.99. The lowest BCUT2D eigenvalue weighted by Gasteiger charge is -2.36. The highest BCUT2D eigenvalue weighted by molar-refractivity contribution is 7.07. The van der Waals surface area contributed by atoms with Crippen molar-refractivity contribution in [2.75, 3.05) is 32.8 Å². The Morgan fingerprint density at radius 2 is 2.44 bits per heavy atom. The molecule has 1 saturated heterocycles. The summed E-state index contributed by atoms with van der Waals surface area (Å²) in [6.07, 6.45) is 1.44. The van der Waals surface area contributed by atoms with Crippen LogP contribution in [0.3, 0.4) is 0 Å². The first-order valence-electron chi connectivity index (χ1n) is 6.94. The highest BCUT2D eigenvalue weighted by Gasteiger charge is 2.28. The van der Waals surface area contributed by atoms with Crippen molar-refractivity contribution in [3.63, 3.8) is 0 Å². The van der Waals surface area contributed by atoms with Crippen molar-refractivity contribution in [3.05, 3.63) is 22.4 Å². The minimum Gasteiger partial charge on any atom is -0.374 e. The summed E-state index contributed by atoms with van der Waals surface area (Å²) in [5.41, 5.74) is 1.37. The molecule has 1 N–H and O–H groups in total. The van der Waals surface area contributed by atoms with Gasteiger partial charge in [0.2, 0.25) is 0 Å². The first-order chi connectivity index (χ1) is 8.85. The topological polar surface area (TPSA) is 24.5 Å². The molecule has 0 bridgehead atoms. The van der Waals surface area contributed by atoms with Crippen molar-refractivity contribution in [2.24, 2.45) is 0 Å². The number of hydrogen-bond donors (Lipinski definition) is 1. The Hall–Kier alpha value is -0.420. The van der Waals surface area contributed by atoms with E-state index in [0.29, 0.717) is 6.04 Å². The summed E-state index contributed by atoms with van der Waals surface area (Å²) in [5.74, 6) is 0. The van der Waals surface area contributed by atoms with E-state index in [9.17, 15) is 0 Å². The summed E-state index contributed by atoms with van der Waals surface area (Å²) in [5, 5.41) is 8.03. The second-order valence-electron chi connectivity index (χ2n) is 4.79. The SMILES string of the molecule is CCCNC(c1ccsc1)C1CN(CC)CCO1. The fraction of sp³-hybridized carbons (Fsp3) is 0.714. The Balaban J connectivity index is 2.03. The van der Waals surface area contributed by atoms with Gasteiger partial charge in [0.05, 0.1) is 18.8 Å². The van der Waals surface area contributed by atoms with Crippen molar-refractivity contribution >= 4 is 11.3 Å². The minimum atomic E-state index is 0.278. The molecular weight excluding hydrogens is 244 g/mol. The number of nitrogens with one attached hydrogen (secondary N) is 1. The molecule has 2 heterocycles. The van der Waals surface area contributed by atoms with Crippen LogP contribution in [0.25, 0.3) is 0 Å². The third-order valence-corrected chi connectivity index (χ3v) is 4.21. The largest absolute Gasteiger partial charge is 0.374 e. The summed E-state index contributed by atoms with van der Waals surface area (Å²) in [6, 6.07) is 2.55. The summed E-state index contributed by atoms with van der Waals surface area (Å²) >= 11 is 1.76. The van der Waals surface area contributed by atoms with E-state index >= 15 is 0 Å². The third-order valence-electron chi connectivity index (χ3n) is 3.51. The molecule has 0 spiro atoms. The van der Waals surface area contributed by atoms with E-state index in [1.54, 1.807) is 11.3 Å². The van der Waals surface area contributed by atoms with Crippen LogP contribution < -0.4 is 5.32 Å². The monoisotopic (exact) mass is 268 g/mol. The van der Waals surface area contributed by atoms with Gasteiger partial charge < -0.3 is 10.1 Å². The zero-order valence-corrected chi connectivity index (χ0v) is 12.2. The molecule has 2 unspecified atom stereocenters. The maximum Gasteiger partial charge on any atom is 0.0897 e. The summed E-state index contributed by atoms with van der Waals surface area (Å²) in [7, 11) is 0. The number of nitrogens with zero attached hydrogens (tertiary/aromatic N) is 1. The van der Waals surface area contributed by atoms with E-state index in [-0.39, 0.29) is 6.10 Å². The Morgan fingerprint density at radius 3 is 3.11 bits per heavy atom. The molecular formula is C14H24N2OS. The number of ether oxygens (including phenoxy) is 1. The first-order valence-corrected chi connectivity index (χ1v) is 7.88. The normalized spacial score (nSPS) is 23.1. The molecule has 1 aliphatic rings. The summed E-state index contributed by atoms with van der Waals surface area (Å²) in [6.45, 7) is 9.55. The van der Waals surface area contributed by atoms with Gasteiger partial charge in [0.15, 0.2) is 0 Å². The maximum absolute atomic E-state index is 5.99. The zero-order valence-electron chi connectivity index (χ0n) is 11.4. The molecule has 1 fully saturated rings. The van der Waals surface area contributed by atoms with Crippen LogP contribution in [-0.2, 0) is 4.74 Å². The molecule has 0 aliphatic carbocycles. The maximum atomic E-state index is 5.99. The third kappa shape index (κ3) is 3.54. The minimum absolute atomic E-state index is 0.278. The van der Waals surface area contributed by atoms with E-state index in [2.05, 4.69) is 40.9 Å². The van der Waals surface area contributed by atoms with Crippen LogP contribution in [0.1, 0.15) is 31.9 Å². The molecule has 1 aliphatic heterocycles. The van der Waals surface area contributed by atoms with Gasteiger partial charge in [0.1, 0.15) is 0 Å². The molecule has 3 nitrogen and oxygen atoms in total. The molecule has 2 rings (SSSR count). The second-order valence-corrected chi connectivity index (χ2v) is 5.57. The molecule has 2 atom stereocenters.